The zero-order valence-corrected chi connectivity index (χ0v) is 17.3. The van der Waals surface area contributed by atoms with E-state index in [1.165, 1.54) is 14.2 Å². The molecule has 28 heavy (non-hydrogen) atoms. The Morgan fingerprint density at radius 3 is 2.39 bits per heavy atom. The Hall–Kier alpha value is -2.57. The molecule has 0 atom stereocenters. The molecule has 6 heteroatoms. The first-order valence-electron chi connectivity index (χ1n) is 8.94. The SMILES string of the molecule is COCOc1cc(C(=O)OC)ccc1-c1c(C)cc(OC)cc1CC(C)(C)O. The molecule has 0 aliphatic carbocycles. The van der Waals surface area contributed by atoms with Crippen LogP contribution in [0.3, 0.4) is 0 Å². The van der Waals surface area contributed by atoms with Gasteiger partial charge in [-0.3, -0.25) is 0 Å². The highest BCUT2D eigenvalue weighted by Gasteiger charge is 2.22. The standard InChI is InChI=1S/C22H28O6/c1-14-9-17(26-5)10-16(12-22(2,3)24)20(14)18-8-7-15(21(23)27-6)11-19(18)28-13-25-4/h7-11,24H,12-13H2,1-6H3. The van der Waals surface area contributed by atoms with Crippen molar-refractivity contribution in [3.05, 3.63) is 47.0 Å². The quantitative estimate of drug-likeness (QED) is 0.548. The minimum atomic E-state index is -0.910. The third-order valence-electron chi connectivity index (χ3n) is 4.25. The minimum absolute atomic E-state index is 0.0354. The van der Waals surface area contributed by atoms with E-state index in [1.807, 2.05) is 25.1 Å². The Labute approximate surface area is 166 Å². The van der Waals surface area contributed by atoms with Crippen LogP contribution in [0, 0.1) is 6.92 Å². The van der Waals surface area contributed by atoms with Crippen LogP contribution >= 0.6 is 0 Å². The normalized spacial score (nSPS) is 11.2. The van der Waals surface area contributed by atoms with Crippen molar-refractivity contribution in [1.29, 1.82) is 0 Å². The van der Waals surface area contributed by atoms with Crippen molar-refractivity contribution in [2.45, 2.75) is 32.8 Å². The van der Waals surface area contributed by atoms with Crippen LogP contribution in [-0.4, -0.2) is 44.8 Å². The van der Waals surface area contributed by atoms with Gasteiger partial charge in [0, 0.05) is 19.1 Å². The maximum absolute atomic E-state index is 11.9. The molecule has 2 aromatic carbocycles. The largest absolute Gasteiger partial charge is 0.497 e. The van der Waals surface area contributed by atoms with Crippen LogP contribution in [0.1, 0.15) is 35.3 Å². The van der Waals surface area contributed by atoms with Gasteiger partial charge in [-0.1, -0.05) is 0 Å². The van der Waals surface area contributed by atoms with Crippen LogP contribution in [-0.2, 0) is 15.9 Å². The molecule has 1 N–H and O–H groups in total. The van der Waals surface area contributed by atoms with Crippen LogP contribution in [0.25, 0.3) is 11.1 Å². The first-order valence-corrected chi connectivity index (χ1v) is 8.94. The Morgan fingerprint density at radius 1 is 1.11 bits per heavy atom. The first kappa shape index (κ1) is 21.7. The maximum Gasteiger partial charge on any atom is 0.337 e. The lowest BCUT2D eigenvalue weighted by Crippen LogP contribution is -2.22. The summed E-state index contributed by atoms with van der Waals surface area (Å²) in [7, 11) is 4.48. The second-order valence-electron chi connectivity index (χ2n) is 7.22. The number of ether oxygens (including phenoxy) is 4. The highest BCUT2D eigenvalue weighted by molar-refractivity contribution is 5.91. The fourth-order valence-electron chi connectivity index (χ4n) is 3.15. The van der Waals surface area contributed by atoms with Crippen molar-refractivity contribution < 1.29 is 28.8 Å². The number of carbonyl (C=O) groups excluding carboxylic acids is 1. The van der Waals surface area contributed by atoms with Gasteiger partial charge in [0.1, 0.15) is 11.5 Å². The van der Waals surface area contributed by atoms with E-state index in [9.17, 15) is 9.90 Å². The number of aryl methyl sites for hydroxylation is 1. The van der Waals surface area contributed by atoms with E-state index >= 15 is 0 Å². The first-order chi connectivity index (χ1) is 13.2. The molecule has 0 bridgehead atoms. The van der Waals surface area contributed by atoms with Gasteiger partial charge in [-0.2, -0.15) is 0 Å². The number of methoxy groups -OCH3 is 3. The van der Waals surface area contributed by atoms with E-state index in [-0.39, 0.29) is 6.79 Å². The minimum Gasteiger partial charge on any atom is -0.497 e. The third kappa shape index (κ3) is 5.24. The number of hydrogen-bond acceptors (Lipinski definition) is 6. The molecular formula is C22H28O6. The number of esters is 1. The zero-order chi connectivity index (χ0) is 20.9. The molecule has 0 radical (unpaired) electrons. The molecule has 0 aliphatic heterocycles. The van der Waals surface area contributed by atoms with Crippen molar-refractivity contribution in [3.8, 4) is 22.6 Å². The number of carbonyl (C=O) groups is 1. The summed E-state index contributed by atoms with van der Waals surface area (Å²) in [5.41, 5.74) is 3.07. The van der Waals surface area contributed by atoms with Crippen LogP contribution in [0.4, 0.5) is 0 Å². The lowest BCUT2D eigenvalue weighted by molar-refractivity contribution is 0.0507. The van der Waals surface area contributed by atoms with Crippen molar-refractivity contribution in [2.24, 2.45) is 0 Å². The van der Waals surface area contributed by atoms with Crippen molar-refractivity contribution in [3.63, 3.8) is 0 Å². The molecule has 2 rings (SSSR count). The van der Waals surface area contributed by atoms with Crippen LogP contribution in [0.15, 0.2) is 30.3 Å². The molecule has 0 heterocycles. The molecule has 0 saturated heterocycles. The number of rotatable bonds is 8. The molecule has 2 aromatic rings. The summed E-state index contributed by atoms with van der Waals surface area (Å²) >= 11 is 0. The van der Waals surface area contributed by atoms with Gasteiger partial charge in [0.15, 0.2) is 6.79 Å². The monoisotopic (exact) mass is 388 g/mol. The van der Waals surface area contributed by atoms with Gasteiger partial charge in [-0.25, -0.2) is 4.79 Å². The average Bonchev–Trinajstić information content (AvgIpc) is 2.64. The number of benzene rings is 2. The van der Waals surface area contributed by atoms with Gasteiger partial charge < -0.3 is 24.1 Å². The molecule has 0 aliphatic rings. The predicted octanol–water partition coefficient (Wildman–Crippen LogP) is 3.75. The molecule has 6 nitrogen and oxygen atoms in total. The lowest BCUT2D eigenvalue weighted by Gasteiger charge is -2.23. The maximum atomic E-state index is 11.9. The topological polar surface area (TPSA) is 74.2 Å². The Kier molecular flexibility index (Phi) is 7.05. The van der Waals surface area contributed by atoms with Crippen LogP contribution in [0.2, 0.25) is 0 Å². The van der Waals surface area contributed by atoms with E-state index in [2.05, 4.69) is 0 Å². The second-order valence-corrected chi connectivity index (χ2v) is 7.22. The van der Waals surface area contributed by atoms with E-state index in [4.69, 9.17) is 18.9 Å². The summed E-state index contributed by atoms with van der Waals surface area (Å²) in [4.78, 5) is 11.9. The molecule has 0 unspecified atom stereocenters. The van der Waals surface area contributed by atoms with E-state index in [0.717, 1.165) is 22.3 Å². The van der Waals surface area contributed by atoms with Crippen LogP contribution < -0.4 is 9.47 Å². The highest BCUT2D eigenvalue weighted by Crippen LogP contribution is 2.39. The molecule has 152 valence electrons. The van der Waals surface area contributed by atoms with E-state index in [1.54, 1.807) is 33.1 Å². The Bertz CT molecular complexity index is 836. The molecule has 0 spiro atoms. The fraction of sp³-hybridized carbons (Fsp3) is 0.409. The molecular weight excluding hydrogens is 360 g/mol. The van der Waals surface area contributed by atoms with Gasteiger partial charge in [-0.05, 0) is 67.8 Å². The van der Waals surface area contributed by atoms with Gasteiger partial charge in [-0.15, -0.1) is 0 Å². The number of hydrogen-bond donors (Lipinski definition) is 1. The fourth-order valence-corrected chi connectivity index (χ4v) is 3.15. The number of aliphatic hydroxyl groups is 1. The van der Waals surface area contributed by atoms with Crippen molar-refractivity contribution >= 4 is 5.97 Å². The molecule has 0 saturated carbocycles. The highest BCUT2D eigenvalue weighted by atomic mass is 16.7. The third-order valence-corrected chi connectivity index (χ3v) is 4.25. The molecule has 0 amide bonds. The molecule has 0 aromatic heterocycles. The van der Waals surface area contributed by atoms with Gasteiger partial charge in [0.2, 0.25) is 0 Å². The predicted molar refractivity (Wildman–Crippen MR) is 107 cm³/mol. The van der Waals surface area contributed by atoms with Gasteiger partial charge in [0.25, 0.3) is 0 Å². The Morgan fingerprint density at radius 2 is 1.82 bits per heavy atom. The summed E-state index contributed by atoms with van der Waals surface area (Å²) in [5, 5.41) is 10.4. The summed E-state index contributed by atoms with van der Waals surface area (Å²) in [6, 6.07) is 8.99. The van der Waals surface area contributed by atoms with E-state index in [0.29, 0.717) is 23.5 Å². The summed E-state index contributed by atoms with van der Waals surface area (Å²) in [6.07, 6.45) is 0.419. The van der Waals surface area contributed by atoms with Crippen LogP contribution in [0.5, 0.6) is 11.5 Å². The lowest BCUT2D eigenvalue weighted by atomic mass is 9.88. The van der Waals surface area contributed by atoms with Crippen molar-refractivity contribution in [2.75, 3.05) is 28.1 Å². The van der Waals surface area contributed by atoms with E-state index < -0.39 is 11.6 Å². The van der Waals surface area contributed by atoms with Gasteiger partial charge in [0.05, 0.1) is 25.4 Å². The molecule has 0 fully saturated rings. The zero-order valence-electron chi connectivity index (χ0n) is 17.3. The second kappa shape index (κ2) is 9.08. The van der Waals surface area contributed by atoms with Crippen molar-refractivity contribution in [1.82, 2.24) is 0 Å². The summed E-state index contributed by atoms with van der Waals surface area (Å²) < 4.78 is 21.0. The van der Waals surface area contributed by atoms with Gasteiger partial charge >= 0.3 is 5.97 Å². The average molecular weight is 388 g/mol. The summed E-state index contributed by atoms with van der Waals surface area (Å²) in [5.74, 6) is 0.762. The summed E-state index contributed by atoms with van der Waals surface area (Å²) in [6.45, 7) is 5.52. The Balaban J connectivity index is 2.69. The smallest absolute Gasteiger partial charge is 0.337 e.